The number of alkyl halides is 3. The van der Waals surface area contributed by atoms with E-state index in [0.717, 1.165) is 10.7 Å². The molecule has 134 valence electrons. The minimum absolute atomic E-state index is 0.134. The number of aromatic nitrogens is 2. The van der Waals surface area contributed by atoms with Gasteiger partial charge in [-0.05, 0) is 13.0 Å². The van der Waals surface area contributed by atoms with Crippen LogP contribution in [0.4, 0.5) is 13.2 Å². The number of nitrogens with two attached hydrogens (primary N) is 1. The van der Waals surface area contributed by atoms with Crippen LogP contribution in [0.15, 0.2) is 6.07 Å². The van der Waals surface area contributed by atoms with Gasteiger partial charge in [0.15, 0.2) is 5.69 Å². The van der Waals surface area contributed by atoms with E-state index in [1.807, 2.05) is 0 Å². The highest BCUT2D eigenvalue weighted by Gasteiger charge is 2.39. The number of amides is 2. The molecule has 0 bridgehead atoms. The van der Waals surface area contributed by atoms with Crippen molar-refractivity contribution < 1.29 is 27.5 Å². The quantitative estimate of drug-likeness (QED) is 0.835. The van der Waals surface area contributed by atoms with Crippen LogP contribution in [0.5, 0.6) is 0 Å². The van der Waals surface area contributed by atoms with Crippen molar-refractivity contribution >= 4 is 11.8 Å². The number of carbonyl (C=O) groups is 2. The van der Waals surface area contributed by atoms with E-state index in [1.54, 1.807) is 0 Å². The van der Waals surface area contributed by atoms with Crippen LogP contribution in [0.25, 0.3) is 0 Å². The van der Waals surface area contributed by atoms with E-state index < -0.39 is 29.6 Å². The van der Waals surface area contributed by atoms with E-state index in [1.165, 1.54) is 18.9 Å². The molecule has 2 atom stereocenters. The fourth-order valence-corrected chi connectivity index (χ4v) is 2.82. The van der Waals surface area contributed by atoms with Crippen molar-refractivity contribution in [2.45, 2.75) is 19.6 Å². The van der Waals surface area contributed by atoms with Gasteiger partial charge < -0.3 is 15.4 Å². The molecule has 0 radical (unpaired) electrons. The van der Waals surface area contributed by atoms with Crippen molar-refractivity contribution in [2.24, 2.45) is 17.6 Å². The summed E-state index contributed by atoms with van der Waals surface area (Å²) in [4.78, 5) is 25.2. The van der Waals surface area contributed by atoms with Crippen molar-refractivity contribution in [3.05, 3.63) is 17.5 Å². The normalized spacial score (nSPS) is 21.3. The molecule has 1 fully saturated rings. The van der Waals surface area contributed by atoms with Gasteiger partial charge in [-0.2, -0.15) is 18.3 Å². The van der Waals surface area contributed by atoms with E-state index in [9.17, 15) is 22.8 Å². The predicted molar refractivity (Wildman–Crippen MR) is 76.6 cm³/mol. The summed E-state index contributed by atoms with van der Waals surface area (Å²) in [7, 11) is 1.48. The van der Waals surface area contributed by atoms with Gasteiger partial charge in [0.2, 0.25) is 11.8 Å². The molecular formula is C14H19F3N4O3. The van der Waals surface area contributed by atoms with Crippen LogP contribution < -0.4 is 5.73 Å². The van der Waals surface area contributed by atoms with E-state index in [2.05, 4.69) is 5.10 Å². The summed E-state index contributed by atoms with van der Waals surface area (Å²) in [5.41, 5.74) is 4.52. The van der Waals surface area contributed by atoms with Crippen LogP contribution in [0.3, 0.4) is 0 Å². The standard InChI is InChI=1S/C14H19F3N4O3/c1-8-3-11(14(15,16)17)19-21(8)6-12(22)20-4-9(7-24-2)10(5-20)13(18)23/h3,9-10H,4-7H2,1-2H3,(H2,18,23)/t9-,10+/m0/s1. The average Bonchev–Trinajstić information content (AvgIpc) is 3.04. The Morgan fingerprint density at radius 1 is 1.42 bits per heavy atom. The smallest absolute Gasteiger partial charge is 0.384 e. The minimum atomic E-state index is -4.56. The number of hydrogen-bond acceptors (Lipinski definition) is 4. The number of aryl methyl sites for hydroxylation is 1. The van der Waals surface area contributed by atoms with Crippen molar-refractivity contribution in [3.8, 4) is 0 Å². The van der Waals surface area contributed by atoms with Crippen LogP contribution in [-0.2, 0) is 27.0 Å². The molecule has 24 heavy (non-hydrogen) atoms. The molecule has 2 heterocycles. The average molecular weight is 348 g/mol. The zero-order valence-electron chi connectivity index (χ0n) is 13.3. The van der Waals surface area contributed by atoms with Crippen molar-refractivity contribution in [1.82, 2.24) is 14.7 Å². The maximum absolute atomic E-state index is 12.7. The van der Waals surface area contributed by atoms with Gasteiger partial charge in [0.1, 0.15) is 6.54 Å². The molecule has 2 amide bonds. The molecule has 0 spiro atoms. The number of likely N-dealkylation sites (tertiary alicyclic amines) is 1. The number of carbonyl (C=O) groups excluding carboxylic acids is 2. The molecule has 1 aliphatic rings. The van der Waals surface area contributed by atoms with Crippen molar-refractivity contribution in [2.75, 3.05) is 26.8 Å². The Morgan fingerprint density at radius 3 is 2.58 bits per heavy atom. The second kappa shape index (κ2) is 6.80. The van der Waals surface area contributed by atoms with E-state index in [4.69, 9.17) is 10.5 Å². The lowest BCUT2D eigenvalue weighted by Gasteiger charge is -2.16. The van der Waals surface area contributed by atoms with Gasteiger partial charge in [0.05, 0.1) is 12.5 Å². The summed E-state index contributed by atoms with van der Waals surface area (Å²) >= 11 is 0. The fourth-order valence-electron chi connectivity index (χ4n) is 2.82. The molecule has 1 saturated heterocycles. The van der Waals surface area contributed by atoms with Gasteiger partial charge in [-0.15, -0.1) is 0 Å². The first-order valence-corrected chi connectivity index (χ1v) is 7.31. The van der Waals surface area contributed by atoms with Crippen LogP contribution in [0, 0.1) is 18.8 Å². The maximum atomic E-state index is 12.7. The van der Waals surface area contributed by atoms with E-state index in [0.29, 0.717) is 0 Å². The molecule has 10 heteroatoms. The van der Waals surface area contributed by atoms with Crippen molar-refractivity contribution in [1.29, 1.82) is 0 Å². The van der Waals surface area contributed by atoms with Crippen LogP contribution >= 0.6 is 0 Å². The third-order valence-corrected chi connectivity index (χ3v) is 4.10. The molecule has 2 rings (SSSR count). The molecule has 1 aliphatic heterocycles. The number of methoxy groups -OCH3 is 1. The molecule has 2 N–H and O–H groups in total. The Hall–Kier alpha value is -2.10. The van der Waals surface area contributed by atoms with Crippen LogP contribution in [0.2, 0.25) is 0 Å². The monoisotopic (exact) mass is 348 g/mol. The number of halogens is 3. The Kier molecular flexibility index (Phi) is 5.16. The largest absolute Gasteiger partial charge is 0.435 e. The summed E-state index contributed by atoms with van der Waals surface area (Å²) < 4.78 is 44.0. The first-order valence-electron chi connectivity index (χ1n) is 7.31. The molecule has 0 unspecified atom stereocenters. The van der Waals surface area contributed by atoms with Gasteiger partial charge >= 0.3 is 6.18 Å². The van der Waals surface area contributed by atoms with E-state index >= 15 is 0 Å². The lowest BCUT2D eigenvalue weighted by atomic mass is 9.96. The van der Waals surface area contributed by atoms with Crippen molar-refractivity contribution in [3.63, 3.8) is 0 Å². The maximum Gasteiger partial charge on any atom is 0.435 e. The number of hydrogen-bond donors (Lipinski definition) is 1. The third kappa shape index (κ3) is 3.86. The summed E-state index contributed by atoms with van der Waals surface area (Å²) in [5, 5.41) is 3.43. The molecule has 1 aromatic rings. The Labute approximate surface area is 136 Å². The minimum Gasteiger partial charge on any atom is -0.384 e. The Balaban J connectivity index is 2.08. The van der Waals surface area contributed by atoms with Gasteiger partial charge in [0.25, 0.3) is 0 Å². The fraction of sp³-hybridized carbons (Fsp3) is 0.643. The lowest BCUT2D eigenvalue weighted by molar-refractivity contribution is -0.142. The number of rotatable bonds is 5. The van der Waals surface area contributed by atoms with Gasteiger partial charge in [0, 0.05) is 31.8 Å². The van der Waals surface area contributed by atoms with Gasteiger partial charge in [-0.1, -0.05) is 0 Å². The summed E-state index contributed by atoms with van der Waals surface area (Å²) in [6.07, 6.45) is -4.56. The summed E-state index contributed by atoms with van der Waals surface area (Å²) in [5.74, 6) is -1.69. The molecular weight excluding hydrogens is 329 g/mol. The third-order valence-electron chi connectivity index (χ3n) is 4.10. The zero-order chi connectivity index (χ0) is 18.1. The number of ether oxygens (including phenoxy) is 1. The van der Waals surface area contributed by atoms with Crippen LogP contribution in [-0.4, -0.2) is 53.3 Å². The first-order chi connectivity index (χ1) is 11.1. The Bertz CT molecular complexity index is 629. The van der Waals surface area contributed by atoms with E-state index in [-0.39, 0.29) is 37.9 Å². The molecule has 1 aromatic heterocycles. The predicted octanol–water partition coefficient (Wildman–Crippen LogP) is 0.417. The second-order valence-electron chi connectivity index (χ2n) is 5.85. The molecule has 7 nitrogen and oxygen atoms in total. The highest BCUT2D eigenvalue weighted by molar-refractivity contribution is 5.81. The number of nitrogens with zero attached hydrogens (tertiary/aromatic N) is 3. The summed E-state index contributed by atoms with van der Waals surface area (Å²) in [6.45, 7) is 1.80. The Morgan fingerprint density at radius 2 is 2.08 bits per heavy atom. The van der Waals surface area contributed by atoms with Crippen LogP contribution in [0.1, 0.15) is 11.4 Å². The molecule has 0 aliphatic carbocycles. The first kappa shape index (κ1) is 18.2. The second-order valence-corrected chi connectivity index (χ2v) is 5.85. The van der Waals surface area contributed by atoms with Gasteiger partial charge in [-0.25, -0.2) is 0 Å². The highest BCUT2D eigenvalue weighted by atomic mass is 19.4. The molecule has 0 aromatic carbocycles. The zero-order valence-corrected chi connectivity index (χ0v) is 13.3. The van der Waals surface area contributed by atoms with Gasteiger partial charge in [-0.3, -0.25) is 14.3 Å². The lowest BCUT2D eigenvalue weighted by Crippen LogP contribution is -2.34. The highest BCUT2D eigenvalue weighted by Crippen LogP contribution is 2.29. The molecule has 0 saturated carbocycles. The SMILES string of the molecule is COC[C@@H]1CN(C(=O)Cn2nc(C(F)(F)F)cc2C)C[C@H]1C(N)=O. The number of primary amides is 1. The summed E-state index contributed by atoms with van der Waals surface area (Å²) in [6, 6.07) is 0.886. The topological polar surface area (TPSA) is 90.4 Å².